The number of benzene rings is 1. The predicted molar refractivity (Wildman–Crippen MR) is 69.4 cm³/mol. The van der Waals surface area contributed by atoms with Gasteiger partial charge in [0.25, 0.3) is 0 Å². The number of aromatic nitrogens is 1. The summed E-state index contributed by atoms with van der Waals surface area (Å²) in [5.74, 6) is 1.87. The van der Waals surface area contributed by atoms with Gasteiger partial charge in [-0.3, -0.25) is 0 Å². The molecular weight excluding hydrogens is 284 g/mol. The van der Waals surface area contributed by atoms with Crippen molar-refractivity contribution in [1.82, 2.24) is 4.98 Å². The van der Waals surface area contributed by atoms with Crippen LogP contribution in [0.5, 0.6) is 17.4 Å². The van der Waals surface area contributed by atoms with E-state index in [0.29, 0.717) is 17.3 Å². The van der Waals surface area contributed by atoms with Crippen molar-refractivity contribution in [2.75, 3.05) is 12.8 Å². The number of hydrogen-bond donors (Lipinski definition) is 1. The lowest BCUT2D eigenvalue weighted by atomic mass is 10.3. The van der Waals surface area contributed by atoms with Gasteiger partial charge in [0.05, 0.1) is 11.6 Å². The molecule has 0 aliphatic carbocycles. The maximum atomic E-state index is 5.64. The second-order valence-corrected chi connectivity index (χ2v) is 4.18. The van der Waals surface area contributed by atoms with Gasteiger partial charge >= 0.3 is 0 Å². The van der Waals surface area contributed by atoms with E-state index in [9.17, 15) is 0 Å². The number of halogens is 1. The van der Waals surface area contributed by atoms with Crippen molar-refractivity contribution in [3.05, 3.63) is 41.0 Å². The van der Waals surface area contributed by atoms with E-state index < -0.39 is 0 Å². The predicted octanol–water partition coefficient (Wildman–Crippen LogP) is 3.23. The average Bonchev–Trinajstić information content (AvgIpc) is 2.32. The van der Waals surface area contributed by atoms with Crippen molar-refractivity contribution in [2.45, 2.75) is 0 Å². The lowest BCUT2D eigenvalue weighted by Crippen LogP contribution is -1.92. The highest BCUT2D eigenvalue weighted by atomic mass is 79.9. The van der Waals surface area contributed by atoms with E-state index in [4.69, 9.17) is 15.2 Å². The molecule has 2 rings (SSSR count). The first kappa shape index (κ1) is 11.7. The van der Waals surface area contributed by atoms with E-state index in [-0.39, 0.29) is 0 Å². The number of nitrogens with zero attached hydrogens (tertiary/aromatic N) is 1. The third-order valence-electron chi connectivity index (χ3n) is 2.11. The fourth-order valence-electron chi connectivity index (χ4n) is 1.28. The van der Waals surface area contributed by atoms with Crippen LogP contribution in [0.2, 0.25) is 0 Å². The molecule has 0 radical (unpaired) electrons. The number of anilines is 1. The maximum Gasteiger partial charge on any atom is 0.221 e. The molecule has 0 spiro atoms. The first-order valence-electron chi connectivity index (χ1n) is 4.92. The minimum absolute atomic E-state index is 0.455. The van der Waals surface area contributed by atoms with Gasteiger partial charge in [0.2, 0.25) is 5.88 Å². The molecule has 0 amide bonds. The SMILES string of the molecule is COc1ccc(Oc2cc(N)ccn2)c(Br)c1. The molecule has 0 saturated heterocycles. The lowest BCUT2D eigenvalue weighted by molar-refractivity contribution is 0.411. The smallest absolute Gasteiger partial charge is 0.221 e. The summed E-state index contributed by atoms with van der Waals surface area (Å²) in [5.41, 5.74) is 6.26. The van der Waals surface area contributed by atoms with Gasteiger partial charge in [-0.15, -0.1) is 0 Å². The van der Waals surface area contributed by atoms with Crippen molar-refractivity contribution >= 4 is 21.6 Å². The Bertz CT molecular complexity index is 532. The summed E-state index contributed by atoms with van der Waals surface area (Å²) >= 11 is 3.40. The zero-order valence-electron chi connectivity index (χ0n) is 9.18. The minimum atomic E-state index is 0.455. The van der Waals surface area contributed by atoms with E-state index in [2.05, 4.69) is 20.9 Å². The third kappa shape index (κ3) is 2.88. The number of pyridine rings is 1. The molecule has 1 heterocycles. The number of rotatable bonds is 3. The summed E-state index contributed by atoms with van der Waals surface area (Å²) in [6.07, 6.45) is 1.60. The molecule has 1 aromatic carbocycles. The zero-order valence-corrected chi connectivity index (χ0v) is 10.8. The van der Waals surface area contributed by atoms with Crippen molar-refractivity contribution in [3.63, 3.8) is 0 Å². The quantitative estimate of drug-likeness (QED) is 0.944. The molecule has 5 heteroatoms. The van der Waals surface area contributed by atoms with Crippen LogP contribution in [-0.4, -0.2) is 12.1 Å². The Morgan fingerprint density at radius 1 is 1.24 bits per heavy atom. The lowest BCUT2D eigenvalue weighted by Gasteiger charge is -2.08. The van der Waals surface area contributed by atoms with Crippen LogP contribution < -0.4 is 15.2 Å². The van der Waals surface area contributed by atoms with Gasteiger partial charge in [-0.1, -0.05) is 0 Å². The molecular formula is C12H11BrN2O2. The van der Waals surface area contributed by atoms with Gasteiger partial charge in [0, 0.05) is 18.0 Å². The highest BCUT2D eigenvalue weighted by Crippen LogP contribution is 2.32. The summed E-state index contributed by atoms with van der Waals surface area (Å²) in [4.78, 5) is 4.06. The Morgan fingerprint density at radius 3 is 2.71 bits per heavy atom. The second kappa shape index (κ2) is 5.05. The Kier molecular flexibility index (Phi) is 3.49. The number of ether oxygens (including phenoxy) is 2. The van der Waals surface area contributed by atoms with Gasteiger partial charge in [-0.2, -0.15) is 0 Å². The number of nitrogens with two attached hydrogens (primary N) is 1. The van der Waals surface area contributed by atoms with Crippen LogP contribution >= 0.6 is 15.9 Å². The molecule has 0 aliphatic heterocycles. The molecule has 0 atom stereocenters. The molecule has 0 bridgehead atoms. The van der Waals surface area contributed by atoms with E-state index >= 15 is 0 Å². The van der Waals surface area contributed by atoms with Crippen molar-refractivity contribution in [1.29, 1.82) is 0 Å². The monoisotopic (exact) mass is 294 g/mol. The van der Waals surface area contributed by atoms with Gasteiger partial charge < -0.3 is 15.2 Å². The Hall–Kier alpha value is -1.75. The van der Waals surface area contributed by atoms with Crippen LogP contribution in [0.15, 0.2) is 41.0 Å². The molecule has 2 aromatic rings. The second-order valence-electron chi connectivity index (χ2n) is 3.33. The highest BCUT2D eigenvalue weighted by molar-refractivity contribution is 9.10. The normalized spacial score (nSPS) is 10.0. The zero-order chi connectivity index (χ0) is 12.3. The fourth-order valence-corrected chi connectivity index (χ4v) is 1.72. The van der Waals surface area contributed by atoms with Crippen molar-refractivity contribution in [3.8, 4) is 17.4 Å². The summed E-state index contributed by atoms with van der Waals surface area (Å²) in [6, 6.07) is 8.80. The Morgan fingerprint density at radius 2 is 2.06 bits per heavy atom. The fraction of sp³-hybridized carbons (Fsp3) is 0.0833. The average molecular weight is 295 g/mol. The molecule has 0 unspecified atom stereocenters. The molecule has 1 aromatic heterocycles. The van der Waals surface area contributed by atoms with Crippen LogP contribution in [0, 0.1) is 0 Å². The van der Waals surface area contributed by atoms with Crippen molar-refractivity contribution in [2.24, 2.45) is 0 Å². The van der Waals surface area contributed by atoms with E-state index in [1.807, 2.05) is 12.1 Å². The van der Waals surface area contributed by atoms with Gasteiger partial charge in [-0.25, -0.2) is 4.98 Å². The van der Waals surface area contributed by atoms with Crippen LogP contribution in [0.3, 0.4) is 0 Å². The molecule has 4 nitrogen and oxygen atoms in total. The number of methoxy groups -OCH3 is 1. The van der Waals surface area contributed by atoms with Crippen LogP contribution in [0.25, 0.3) is 0 Å². The standard InChI is InChI=1S/C12H11BrN2O2/c1-16-9-2-3-11(10(13)7-9)17-12-6-8(14)4-5-15-12/h2-7H,1H3,(H2,14,15). The first-order valence-corrected chi connectivity index (χ1v) is 5.71. The third-order valence-corrected chi connectivity index (χ3v) is 2.73. The van der Waals surface area contributed by atoms with Gasteiger partial charge in [-0.05, 0) is 40.2 Å². The number of nitrogen functional groups attached to an aromatic ring is 1. The maximum absolute atomic E-state index is 5.64. The van der Waals surface area contributed by atoms with Crippen LogP contribution in [-0.2, 0) is 0 Å². The Labute approximate surface area is 108 Å². The Balaban J connectivity index is 2.24. The molecule has 0 saturated carbocycles. The number of hydrogen-bond acceptors (Lipinski definition) is 4. The topological polar surface area (TPSA) is 57.4 Å². The largest absolute Gasteiger partial charge is 0.497 e. The summed E-state index contributed by atoms with van der Waals surface area (Å²) < 4.78 is 11.5. The van der Waals surface area contributed by atoms with Crippen LogP contribution in [0.1, 0.15) is 0 Å². The molecule has 2 N–H and O–H groups in total. The summed E-state index contributed by atoms with van der Waals surface area (Å²) in [7, 11) is 1.61. The van der Waals surface area contributed by atoms with Gasteiger partial charge in [0.15, 0.2) is 0 Å². The van der Waals surface area contributed by atoms with Gasteiger partial charge in [0.1, 0.15) is 11.5 Å². The van der Waals surface area contributed by atoms with Crippen molar-refractivity contribution < 1.29 is 9.47 Å². The molecule has 88 valence electrons. The minimum Gasteiger partial charge on any atom is -0.497 e. The van der Waals surface area contributed by atoms with E-state index in [0.717, 1.165) is 10.2 Å². The summed E-state index contributed by atoms with van der Waals surface area (Å²) in [6.45, 7) is 0. The first-order chi connectivity index (χ1) is 8.19. The molecule has 17 heavy (non-hydrogen) atoms. The molecule has 0 fully saturated rings. The van der Waals surface area contributed by atoms with Crippen LogP contribution in [0.4, 0.5) is 5.69 Å². The molecule has 0 aliphatic rings. The highest BCUT2D eigenvalue weighted by Gasteiger charge is 2.05. The van der Waals surface area contributed by atoms with E-state index in [1.54, 1.807) is 31.5 Å². The van der Waals surface area contributed by atoms with E-state index in [1.165, 1.54) is 0 Å². The summed E-state index contributed by atoms with van der Waals surface area (Å²) in [5, 5.41) is 0.